The molecule has 5 heterocycles. The molecular formula is C29H34N8O3. The van der Waals surface area contributed by atoms with Gasteiger partial charge in [-0.15, -0.1) is 0 Å². The highest BCUT2D eigenvalue weighted by Crippen LogP contribution is 2.36. The fourth-order valence-electron chi connectivity index (χ4n) is 5.18. The third-order valence-electron chi connectivity index (χ3n) is 7.52. The lowest BCUT2D eigenvalue weighted by molar-refractivity contribution is -0.0677. The van der Waals surface area contributed by atoms with Gasteiger partial charge in [0.05, 0.1) is 36.8 Å². The van der Waals surface area contributed by atoms with Gasteiger partial charge >= 0.3 is 0 Å². The molecule has 0 amide bonds. The summed E-state index contributed by atoms with van der Waals surface area (Å²) in [6, 6.07) is 8.74. The molecule has 2 aliphatic rings. The summed E-state index contributed by atoms with van der Waals surface area (Å²) in [5, 5.41) is 11.4. The molecule has 6 rings (SSSR count). The van der Waals surface area contributed by atoms with Crippen LogP contribution in [0.5, 0.6) is 0 Å². The fourth-order valence-corrected chi connectivity index (χ4v) is 5.18. The van der Waals surface area contributed by atoms with E-state index >= 15 is 0 Å². The molecule has 1 fully saturated rings. The molecule has 1 N–H and O–H groups in total. The molecule has 3 aromatic heterocycles. The van der Waals surface area contributed by atoms with Gasteiger partial charge in [0.2, 0.25) is 23.4 Å². The minimum atomic E-state index is -0.309. The van der Waals surface area contributed by atoms with Gasteiger partial charge < -0.3 is 14.6 Å². The third kappa shape index (κ3) is 5.52. The number of hydrogen-bond acceptors (Lipinski definition) is 10. The van der Waals surface area contributed by atoms with Crippen molar-refractivity contribution in [2.24, 2.45) is 7.05 Å². The Labute approximate surface area is 233 Å². The Bertz CT molecular complexity index is 1520. The second-order valence-electron chi connectivity index (χ2n) is 11.7. The van der Waals surface area contributed by atoms with Gasteiger partial charge in [0.1, 0.15) is 0 Å². The van der Waals surface area contributed by atoms with Crippen molar-refractivity contribution in [2.75, 3.05) is 25.1 Å². The minimum absolute atomic E-state index is 0.0485. The zero-order valence-electron chi connectivity index (χ0n) is 23.3. The van der Waals surface area contributed by atoms with E-state index in [1.54, 1.807) is 17.1 Å². The van der Waals surface area contributed by atoms with Crippen LogP contribution in [0.1, 0.15) is 67.2 Å². The number of carbonyl (C=O) groups excluding carboxylic acids is 1. The number of ether oxygens (including phenoxy) is 1. The van der Waals surface area contributed by atoms with Crippen LogP contribution in [0, 0.1) is 0 Å². The van der Waals surface area contributed by atoms with E-state index in [-0.39, 0.29) is 22.9 Å². The zero-order valence-corrected chi connectivity index (χ0v) is 23.3. The molecule has 0 saturated carbocycles. The van der Waals surface area contributed by atoms with E-state index in [0.717, 1.165) is 49.7 Å². The van der Waals surface area contributed by atoms with Crippen LogP contribution in [-0.2, 0) is 23.7 Å². The lowest BCUT2D eigenvalue weighted by atomic mass is 9.87. The molecule has 1 atom stereocenters. The molecule has 0 radical (unpaired) electrons. The van der Waals surface area contributed by atoms with Gasteiger partial charge in [-0.25, -0.2) is 9.97 Å². The molecular weight excluding hydrogens is 508 g/mol. The summed E-state index contributed by atoms with van der Waals surface area (Å²) >= 11 is 0. The first-order valence-corrected chi connectivity index (χ1v) is 13.6. The Morgan fingerprint density at radius 2 is 2.02 bits per heavy atom. The van der Waals surface area contributed by atoms with Crippen LogP contribution >= 0.6 is 0 Å². The Kier molecular flexibility index (Phi) is 6.93. The predicted octanol–water partition coefficient (Wildman–Crippen LogP) is 4.26. The first kappa shape index (κ1) is 26.3. The summed E-state index contributed by atoms with van der Waals surface area (Å²) in [5.74, 6) is 1.09. The largest absolute Gasteiger partial charge is 0.378 e. The molecule has 1 aromatic carbocycles. The van der Waals surface area contributed by atoms with Gasteiger partial charge in [-0.3, -0.25) is 14.4 Å². The molecule has 0 aliphatic carbocycles. The maximum absolute atomic E-state index is 13.3. The molecule has 1 saturated heterocycles. The van der Waals surface area contributed by atoms with E-state index in [4.69, 9.17) is 14.2 Å². The summed E-state index contributed by atoms with van der Waals surface area (Å²) < 4.78 is 12.6. The predicted molar refractivity (Wildman–Crippen MR) is 148 cm³/mol. The highest BCUT2D eigenvalue weighted by Gasteiger charge is 2.32. The summed E-state index contributed by atoms with van der Waals surface area (Å²) in [4.78, 5) is 29.3. The van der Waals surface area contributed by atoms with Crippen molar-refractivity contribution in [1.29, 1.82) is 0 Å². The van der Waals surface area contributed by atoms with Gasteiger partial charge in [-0.05, 0) is 42.1 Å². The Hall–Kier alpha value is -3.96. The highest BCUT2D eigenvalue weighted by molar-refractivity contribution is 5.93. The van der Waals surface area contributed by atoms with Gasteiger partial charge in [0.15, 0.2) is 0 Å². The minimum Gasteiger partial charge on any atom is -0.378 e. The first-order valence-electron chi connectivity index (χ1n) is 13.6. The number of fused-ring (bicyclic) bond motifs is 1. The van der Waals surface area contributed by atoms with Crippen molar-refractivity contribution in [3.63, 3.8) is 0 Å². The van der Waals surface area contributed by atoms with E-state index in [1.165, 1.54) is 11.1 Å². The number of benzene rings is 1. The number of hydrogen-bond donors (Lipinski definition) is 1. The summed E-state index contributed by atoms with van der Waals surface area (Å²) in [7, 11) is 1.86. The average molecular weight is 543 g/mol. The second-order valence-corrected chi connectivity index (χ2v) is 11.7. The van der Waals surface area contributed by atoms with Crippen LogP contribution in [0.15, 0.2) is 47.4 Å². The molecule has 11 nitrogen and oxygen atoms in total. The zero-order chi connectivity index (χ0) is 27.9. The van der Waals surface area contributed by atoms with Crippen molar-refractivity contribution < 1.29 is 14.1 Å². The fraction of sp³-hybridized carbons (Fsp3) is 0.448. The molecule has 11 heteroatoms. The van der Waals surface area contributed by atoms with Crippen LogP contribution in [0.4, 0.5) is 11.6 Å². The molecule has 0 bridgehead atoms. The van der Waals surface area contributed by atoms with Crippen molar-refractivity contribution in [1.82, 2.24) is 34.8 Å². The Morgan fingerprint density at radius 3 is 2.73 bits per heavy atom. The number of rotatable bonds is 7. The van der Waals surface area contributed by atoms with E-state index in [0.29, 0.717) is 24.3 Å². The lowest BCUT2D eigenvalue weighted by Crippen LogP contribution is -2.48. The molecule has 2 aliphatic heterocycles. The number of Topliss-reactive ketones (excluding diaryl/α,β-unsaturated/α-hetero) is 1. The number of aromatic nitrogens is 6. The van der Waals surface area contributed by atoms with Crippen molar-refractivity contribution >= 4 is 17.4 Å². The molecule has 0 spiro atoms. The average Bonchev–Trinajstić information content (AvgIpc) is 3.51. The summed E-state index contributed by atoms with van der Waals surface area (Å²) in [6.07, 6.45) is 6.56. The molecule has 0 unspecified atom stereocenters. The third-order valence-corrected chi connectivity index (χ3v) is 7.52. The Balaban J connectivity index is 1.28. The molecule has 208 valence electrons. The van der Waals surface area contributed by atoms with Crippen LogP contribution in [-0.4, -0.2) is 66.4 Å². The van der Waals surface area contributed by atoms with Gasteiger partial charge in [-0.1, -0.05) is 38.1 Å². The van der Waals surface area contributed by atoms with Crippen LogP contribution in [0.2, 0.25) is 0 Å². The number of ketones is 1. The number of anilines is 2. The van der Waals surface area contributed by atoms with E-state index in [9.17, 15) is 4.79 Å². The Morgan fingerprint density at radius 1 is 1.18 bits per heavy atom. The van der Waals surface area contributed by atoms with Crippen molar-refractivity contribution in [2.45, 2.75) is 57.5 Å². The van der Waals surface area contributed by atoms with Gasteiger partial charge in [0, 0.05) is 43.4 Å². The van der Waals surface area contributed by atoms with Crippen molar-refractivity contribution in [3.8, 4) is 11.3 Å². The number of carbonyl (C=O) groups is 1. The maximum atomic E-state index is 13.3. The van der Waals surface area contributed by atoms with E-state index in [2.05, 4.69) is 48.6 Å². The highest BCUT2D eigenvalue weighted by atomic mass is 16.5. The van der Waals surface area contributed by atoms with Crippen LogP contribution in [0.25, 0.3) is 11.3 Å². The van der Waals surface area contributed by atoms with Crippen LogP contribution in [0.3, 0.4) is 0 Å². The smallest absolute Gasteiger partial charge is 0.238 e. The normalized spacial score (nSPS) is 18.1. The summed E-state index contributed by atoms with van der Waals surface area (Å²) in [6.45, 7) is 9.14. The topological polar surface area (TPSA) is 124 Å². The van der Waals surface area contributed by atoms with Gasteiger partial charge in [0.25, 0.3) is 0 Å². The van der Waals surface area contributed by atoms with Crippen LogP contribution < -0.4 is 5.32 Å². The van der Waals surface area contributed by atoms with Crippen molar-refractivity contribution in [3.05, 3.63) is 65.7 Å². The molecule has 4 aromatic rings. The van der Waals surface area contributed by atoms with Gasteiger partial charge in [-0.2, -0.15) is 10.1 Å². The summed E-state index contributed by atoms with van der Waals surface area (Å²) in [5.41, 5.74) is 4.71. The van der Waals surface area contributed by atoms with E-state index in [1.807, 2.05) is 40.1 Å². The standard InChI is InChI=1S/C29H34N8O3/c1-29(2,3)27-34-26(35-40-27)25(38)12-18-8-10-37(22-16-39-17-22)14-20-11-19(5-6-23(18)20)24-7-9-30-28(33-24)32-21-13-31-36(4)15-21/h5-7,9,11,13,15,18,22H,8,10,12,14,16-17H2,1-4H3,(H,30,32,33)/t18-/m0/s1. The molecule has 40 heavy (non-hydrogen) atoms. The van der Waals surface area contributed by atoms with E-state index < -0.39 is 0 Å². The lowest BCUT2D eigenvalue weighted by Gasteiger charge is -2.36. The monoisotopic (exact) mass is 542 g/mol. The first-order chi connectivity index (χ1) is 19.2. The second kappa shape index (κ2) is 10.5. The number of nitrogens with one attached hydrogen (secondary N) is 1. The SMILES string of the molecule is Cn1cc(Nc2nccc(-c3ccc4c(c3)CN(C3COC3)CC[C@H]4CC(=O)c3noc(C(C)(C)C)n3)n2)cn1. The maximum Gasteiger partial charge on any atom is 0.238 e. The number of aryl methyl sites for hydroxylation is 1. The quantitative estimate of drug-likeness (QED) is 0.339. The number of nitrogens with zero attached hydrogens (tertiary/aromatic N) is 7.